The monoisotopic (exact) mass is 271 g/mol. The molecule has 0 unspecified atom stereocenters. The fraction of sp³-hybridized carbons (Fsp3) is 0.250. The van der Waals surface area contributed by atoms with E-state index in [9.17, 15) is 13.2 Å². The number of benzene rings is 1. The van der Waals surface area contributed by atoms with Crippen LogP contribution in [0.25, 0.3) is 0 Å². The smallest absolute Gasteiger partial charge is 0.404 e. The van der Waals surface area contributed by atoms with Crippen molar-refractivity contribution in [2.75, 3.05) is 5.32 Å². The number of alkyl halides is 3. The van der Waals surface area contributed by atoms with Crippen LogP contribution in [-0.4, -0.2) is 15.9 Å². The summed E-state index contributed by atoms with van der Waals surface area (Å²) in [7, 11) is 1.81. The molecule has 2 aromatic rings. The molecule has 0 saturated heterocycles. The van der Waals surface area contributed by atoms with Crippen molar-refractivity contribution in [3.63, 3.8) is 0 Å². The average molecular weight is 271 g/mol. The predicted octanol–water partition coefficient (Wildman–Crippen LogP) is 2.93. The molecule has 0 aliphatic carbocycles. The second-order valence-corrected chi connectivity index (χ2v) is 3.89. The third-order valence-corrected chi connectivity index (χ3v) is 2.49. The summed E-state index contributed by atoms with van der Waals surface area (Å²) in [5, 5.41) is 2.89. The second-order valence-electron chi connectivity index (χ2n) is 3.89. The van der Waals surface area contributed by atoms with Crippen LogP contribution in [0.15, 0.2) is 36.8 Å². The number of nitrogens with zero attached hydrogens (tertiary/aromatic N) is 2. The fourth-order valence-corrected chi connectivity index (χ4v) is 1.57. The van der Waals surface area contributed by atoms with Crippen LogP contribution in [0.5, 0.6) is 5.75 Å². The highest BCUT2D eigenvalue weighted by Crippen LogP contribution is 2.30. The van der Waals surface area contributed by atoms with Gasteiger partial charge in [0.25, 0.3) is 0 Å². The van der Waals surface area contributed by atoms with Crippen molar-refractivity contribution in [1.82, 2.24) is 9.55 Å². The van der Waals surface area contributed by atoms with Crippen molar-refractivity contribution in [3.8, 4) is 5.75 Å². The molecule has 2 rings (SSSR count). The van der Waals surface area contributed by atoms with Crippen LogP contribution in [0.1, 0.15) is 5.69 Å². The van der Waals surface area contributed by atoms with E-state index >= 15 is 0 Å². The molecule has 0 spiro atoms. The maximum Gasteiger partial charge on any atom is 0.573 e. The summed E-state index contributed by atoms with van der Waals surface area (Å²) in [6.07, 6.45) is -1.44. The molecule has 0 amide bonds. The van der Waals surface area contributed by atoms with Gasteiger partial charge in [0.05, 0.1) is 24.3 Å². The van der Waals surface area contributed by atoms with Crippen molar-refractivity contribution in [1.29, 1.82) is 0 Å². The Balaban J connectivity index is 2.10. The SMILES string of the molecule is Cn1cncc1CNc1ccccc1OC(F)(F)F. The van der Waals surface area contributed by atoms with Gasteiger partial charge < -0.3 is 14.6 Å². The number of hydrogen-bond acceptors (Lipinski definition) is 3. The number of imidazole rings is 1. The van der Waals surface area contributed by atoms with Gasteiger partial charge in [-0.2, -0.15) is 0 Å². The Morgan fingerprint density at radius 3 is 2.68 bits per heavy atom. The maximum atomic E-state index is 12.2. The minimum absolute atomic E-state index is 0.253. The molecule has 0 aliphatic heterocycles. The summed E-state index contributed by atoms with van der Waals surface area (Å²) in [5.74, 6) is -0.253. The van der Waals surface area contributed by atoms with E-state index in [1.54, 1.807) is 23.2 Å². The number of nitrogens with one attached hydrogen (secondary N) is 1. The maximum absolute atomic E-state index is 12.2. The van der Waals surface area contributed by atoms with Crippen LogP contribution in [0.2, 0.25) is 0 Å². The molecule has 1 N–H and O–H groups in total. The molecule has 102 valence electrons. The van der Waals surface area contributed by atoms with Gasteiger partial charge in [0.15, 0.2) is 5.75 Å². The van der Waals surface area contributed by atoms with Crippen molar-refractivity contribution in [2.24, 2.45) is 7.05 Å². The van der Waals surface area contributed by atoms with E-state index in [0.717, 1.165) is 5.69 Å². The summed E-state index contributed by atoms with van der Waals surface area (Å²) in [4.78, 5) is 3.93. The van der Waals surface area contributed by atoms with Crippen LogP contribution in [0, 0.1) is 0 Å². The summed E-state index contributed by atoms with van der Waals surface area (Å²) >= 11 is 0. The van der Waals surface area contributed by atoms with Gasteiger partial charge in [-0.25, -0.2) is 4.98 Å². The van der Waals surface area contributed by atoms with E-state index < -0.39 is 6.36 Å². The lowest BCUT2D eigenvalue weighted by Crippen LogP contribution is -2.18. The average Bonchev–Trinajstić information content (AvgIpc) is 2.72. The highest BCUT2D eigenvalue weighted by atomic mass is 19.4. The predicted molar refractivity (Wildman–Crippen MR) is 63.7 cm³/mol. The Kier molecular flexibility index (Phi) is 3.64. The Morgan fingerprint density at radius 1 is 1.32 bits per heavy atom. The number of aromatic nitrogens is 2. The van der Waals surface area contributed by atoms with Crippen molar-refractivity contribution < 1.29 is 17.9 Å². The van der Waals surface area contributed by atoms with Crippen LogP contribution in [0.4, 0.5) is 18.9 Å². The van der Waals surface area contributed by atoms with Crippen molar-refractivity contribution in [2.45, 2.75) is 12.9 Å². The van der Waals surface area contributed by atoms with E-state index in [1.807, 2.05) is 7.05 Å². The first-order chi connectivity index (χ1) is 8.96. The number of aryl methyl sites for hydroxylation is 1. The van der Waals surface area contributed by atoms with E-state index in [-0.39, 0.29) is 11.4 Å². The minimum atomic E-state index is -4.70. The van der Waals surface area contributed by atoms with Crippen LogP contribution < -0.4 is 10.1 Å². The fourth-order valence-electron chi connectivity index (χ4n) is 1.57. The molecule has 0 radical (unpaired) electrons. The molecule has 0 bridgehead atoms. The lowest BCUT2D eigenvalue weighted by Gasteiger charge is -2.14. The van der Waals surface area contributed by atoms with Gasteiger partial charge in [-0.05, 0) is 12.1 Å². The van der Waals surface area contributed by atoms with E-state index in [1.165, 1.54) is 18.2 Å². The standard InChI is InChI=1S/C12H12F3N3O/c1-18-8-16-6-9(18)7-17-10-4-2-3-5-11(10)19-12(13,14)15/h2-6,8,17H,7H2,1H3. The molecule has 0 aliphatic rings. The van der Waals surface area contributed by atoms with Crippen LogP contribution >= 0.6 is 0 Å². The Labute approximate surface area is 107 Å². The third kappa shape index (κ3) is 3.64. The van der Waals surface area contributed by atoms with Gasteiger partial charge in [0.1, 0.15) is 0 Å². The molecule has 1 aromatic heterocycles. The zero-order chi connectivity index (χ0) is 13.9. The van der Waals surface area contributed by atoms with Gasteiger partial charge in [-0.1, -0.05) is 12.1 Å². The number of halogens is 3. The molecule has 4 nitrogen and oxygen atoms in total. The Hall–Kier alpha value is -2.18. The first kappa shape index (κ1) is 13.3. The van der Waals surface area contributed by atoms with Crippen molar-refractivity contribution in [3.05, 3.63) is 42.5 Å². The molecule has 1 heterocycles. The molecule has 1 aromatic carbocycles. The van der Waals surface area contributed by atoms with E-state index in [2.05, 4.69) is 15.0 Å². The number of rotatable bonds is 4. The van der Waals surface area contributed by atoms with Crippen LogP contribution in [-0.2, 0) is 13.6 Å². The zero-order valence-corrected chi connectivity index (χ0v) is 10.1. The number of hydrogen-bond donors (Lipinski definition) is 1. The lowest BCUT2D eigenvalue weighted by molar-refractivity contribution is -0.274. The molecular formula is C12H12F3N3O. The summed E-state index contributed by atoms with van der Waals surface area (Å²) < 4.78 is 42.4. The van der Waals surface area contributed by atoms with E-state index in [0.29, 0.717) is 6.54 Å². The topological polar surface area (TPSA) is 39.1 Å². The lowest BCUT2D eigenvalue weighted by atomic mass is 10.3. The van der Waals surface area contributed by atoms with E-state index in [4.69, 9.17) is 0 Å². The van der Waals surface area contributed by atoms with Gasteiger partial charge in [0.2, 0.25) is 0 Å². The van der Waals surface area contributed by atoms with Crippen LogP contribution in [0.3, 0.4) is 0 Å². The van der Waals surface area contributed by atoms with Gasteiger partial charge >= 0.3 is 6.36 Å². The highest BCUT2D eigenvalue weighted by Gasteiger charge is 2.32. The molecule has 0 saturated carbocycles. The number of ether oxygens (including phenoxy) is 1. The third-order valence-electron chi connectivity index (χ3n) is 2.49. The highest BCUT2D eigenvalue weighted by molar-refractivity contribution is 5.56. The number of para-hydroxylation sites is 2. The van der Waals surface area contributed by atoms with Gasteiger partial charge in [0, 0.05) is 13.2 Å². The van der Waals surface area contributed by atoms with Crippen molar-refractivity contribution >= 4 is 5.69 Å². The number of anilines is 1. The summed E-state index contributed by atoms with van der Waals surface area (Å²) in [5.41, 5.74) is 1.13. The summed E-state index contributed by atoms with van der Waals surface area (Å²) in [6.45, 7) is 0.356. The molecule has 0 atom stereocenters. The zero-order valence-electron chi connectivity index (χ0n) is 10.1. The first-order valence-corrected chi connectivity index (χ1v) is 5.49. The first-order valence-electron chi connectivity index (χ1n) is 5.49. The quantitative estimate of drug-likeness (QED) is 0.929. The minimum Gasteiger partial charge on any atom is -0.404 e. The molecule has 19 heavy (non-hydrogen) atoms. The second kappa shape index (κ2) is 5.21. The normalized spacial score (nSPS) is 11.4. The summed E-state index contributed by atoms with van der Waals surface area (Å²) in [6, 6.07) is 5.90. The van der Waals surface area contributed by atoms with Gasteiger partial charge in [-0.15, -0.1) is 13.2 Å². The molecular weight excluding hydrogens is 259 g/mol. The largest absolute Gasteiger partial charge is 0.573 e. The van der Waals surface area contributed by atoms with Gasteiger partial charge in [-0.3, -0.25) is 0 Å². The molecule has 0 fully saturated rings. The molecule has 7 heteroatoms. The Morgan fingerprint density at radius 2 is 2.05 bits per heavy atom. The Bertz CT molecular complexity index is 551.